The number of aryl methyl sites for hydroxylation is 1. The summed E-state index contributed by atoms with van der Waals surface area (Å²) in [7, 11) is 1.76. The van der Waals surface area contributed by atoms with Gasteiger partial charge in [0.25, 0.3) is 5.91 Å². The first kappa shape index (κ1) is 18.3. The van der Waals surface area contributed by atoms with Gasteiger partial charge in [-0.3, -0.25) is 9.20 Å². The highest BCUT2D eigenvalue weighted by Crippen LogP contribution is 2.43. The van der Waals surface area contributed by atoms with Gasteiger partial charge in [-0.1, -0.05) is 18.2 Å². The molecule has 2 aromatic heterocycles. The van der Waals surface area contributed by atoms with Crippen LogP contribution >= 0.6 is 0 Å². The molecule has 2 aromatic carbocycles. The Morgan fingerprint density at radius 2 is 2.03 bits per heavy atom. The third-order valence-corrected chi connectivity index (χ3v) is 6.75. The van der Waals surface area contributed by atoms with E-state index in [0.29, 0.717) is 22.5 Å². The second-order valence-corrected chi connectivity index (χ2v) is 8.67. The third kappa shape index (κ3) is 2.80. The monoisotopic (exact) mass is 415 g/mol. The number of benzene rings is 2. The summed E-state index contributed by atoms with van der Waals surface area (Å²) in [6, 6.07) is 9.42. The van der Waals surface area contributed by atoms with Gasteiger partial charge in [0.15, 0.2) is 0 Å². The lowest BCUT2D eigenvalue weighted by molar-refractivity contribution is 0.0726. The van der Waals surface area contributed by atoms with E-state index in [4.69, 9.17) is 5.73 Å². The van der Waals surface area contributed by atoms with E-state index in [2.05, 4.69) is 28.2 Å². The van der Waals surface area contributed by atoms with Crippen molar-refractivity contribution in [1.29, 1.82) is 0 Å². The summed E-state index contributed by atoms with van der Waals surface area (Å²) in [5.74, 6) is 0.0402. The molecular weight excluding hydrogens is 393 g/mol. The molecule has 2 heterocycles. The van der Waals surface area contributed by atoms with Gasteiger partial charge in [0, 0.05) is 13.1 Å². The van der Waals surface area contributed by atoms with E-state index in [1.54, 1.807) is 34.9 Å². The number of halogens is 1. The van der Waals surface area contributed by atoms with E-state index < -0.39 is 5.82 Å². The number of nitrogens with two attached hydrogens (primary N) is 1. The molecule has 0 spiro atoms. The molecule has 0 aliphatic heterocycles. The number of carbonyl (C=O) groups is 1. The molecule has 2 N–H and O–H groups in total. The van der Waals surface area contributed by atoms with Crippen molar-refractivity contribution < 1.29 is 9.18 Å². The van der Waals surface area contributed by atoms with Crippen LogP contribution in [0.5, 0.6) is 0 Å². The number of imidazole rings is 1. The quantitative estimate of drug-likeness (QED) is 0.543. The van der Waals surface area contributed by atoms with E-state index in [-0.39, 0.29) is 23.3 Å². The Morgan fingerprint density at radius 3 is 2.84 bits per heavy atom. The number of hydrogen-bond donors (Lipinski definition) is 1. The molecule has 0 bridgehead atoms. The van der Waals surface area contributed by atoms with E-state index >= 15 is 0 Å². The van der Waals surface area contributed by atoms with Crippen molar-refractivity contribution in [3.63, 3.8) is 0 Å². The Labute approximate surface area is 178 Å². The number of fused-ring (bicyclic) bond motifs is 4. The van der Waals surface area contributed by atoms with Crippen LogP contribution in [-0.2, 0) is 6.42 Å². The summed E-state index contributed by atoms with van der Waals surface area (Å²) in [5.41, 5.74) is 11.5. The van der Waals surface area contributed by atoms with Crippen LogP contribution in [0.3, 0.4) is 0 Å². The van der Waals surface area contributed by atoms with E-state index in [1.807, 2.05) is 0 Å². The summed E-state index contributed by atoms with van der Waals surface area (Å²) >= 11 is 0. The lowest BCUT2D eigenvalue weighted by atomic mass is 10.0. The minimum absolute atomic E-state index is 0.0274. The van der Waals surface area contributed by atoms with Crippen LogP contribution in [-0.4, -0.2) is 32.2 Å². The highest BCUT2D eigenvalue weighted by molar-refractivity contribution is 5.98. The summed E-state index contributed by atoms with van der Waals surface area (Å²) in [6.07, 6.45) is 7.53. The van der Waals surface area contributed by atoms with Crippen LogP contribution < -0.4 is 5.73 Å². The Balaban J connectivity index is 1.38. The average molecular weight is 415 g/mol. The highest BCUT2D eigenvalue weighted by atomic mass is 19.1. The molecule has 0 saturated heterocycles. The van der Waals surface area contributed by atoms with Gasteiger partial charge in [-0.15, -0.1) is 0 Å². The predicted molar refractivity (Wildman–Crippen MR) is 116 cm³/mol. The molecule has 31 heavy (non-hydrogen) atoms. The number of nitrogens with zero attached hydrogens (tertiary/aromatic N) is 4. The second kappa shape index (κ2) is 6.51. The van der Waals surface area contributed by atoms with Crippen LogP contribution in [0.2, 0.25) is 0 Å². The Morgan fingerprint density at radius 1 is 1.19 bits per heavy atom. The van der Waals surface area contributed by atoms with Crippen LogP contribution in [0.1, 0.15) is 58.3 Å². The molecule has 156 valence electrons. The van der Waals surface area contributed by atoms with Crippen LogP contribution in [0.25, 0.3) is 16.6 Å². The molecule has 2 aliphatic carbocycles. The minimum Gasteiger partial charge on any atom is -0.382 e. The number of carbonyl (C=O) groups excluding carboxylic acids is 1. The SMILES string of the molecule is CN(C(=O)c1cc2c(cc1F)nc(N)c1cncn12)C1CCc2cc(C3CC3)ccc21. The van der Waals surface area contributed by atoms with Crippen molar-refractivity contribution in [1.82, 2.24) is 19.3 Å². The summed E-state index contributed by atoms with van der Waals surface area (Å²) in [4.78, 5) is 23.4. The van der Waals surface area contributed by atoms with Gasteiger partial charge in [0.05, 0.1) is 35.2 Å². The molecule has 4 aromatic rings. The first-order valence-corrected chi connectivity index (χ1v) is 10.6. The van der Waals surface area contributed by atoms with Crippen molar-refractivity contribution >= 4 is 28.3 Å². The fourth-order valence-electron chi connectivity index (χ4n) is 4.88. The molecule has 1 fully saturated rings. The van der Waals surface area contributed by atoms with Gasteiger partial charge in [-0.05, 0) is 54.4 Å². The zero-order valence-electron chi connectivity index (χ0n) is 17.2. The topological polar surface area (TPSA) is 76.5 Å². The van der Waals surface area contributed by atoms with Crippen molar-refractivity contribution in [2.24, 2.45) is 0 Å². The first-order valence-electron chi connectivity index (χ1n) is 10.6. The van der Waals surface area contributed by atoms with Crippen LogP contribution in [0, 0.1) is 5.82 Å². The zero-order valence-corrected chi connectivity index (χ0v) is 17.2. The van der Waals surface area contributed by atoms with Gasteiger partial charge in [0.2, 0.25) is 0 Å². The maximum Gasteiger partial charge on any atom is 0.257 e. The van der Waals surface area contributed by atoms with Crippen molar-refractivity contribution in [2.75, 3.05) is 12.8 Å². The van der Waals surface area contributed by atoms with Crippen molar-refractivity contribution in [3.05, 3.63) is 70.9 Å². The smallest absolute Gasteiger partial charge is 0.257 e. The minimum atomic E-state index is -0.599. The first-order chi connectivity index (χ1) is 15.0. The lowest BCUT2D eigenvalue weighted by Crippen LogP contribution is -2.30. The molecule has 1 unspecified atom stereocenters. The summed E-state index contributed by atoms with van der Waals surface area (Å²) in [6.45, 7) is 0. The van der Waals surface area contributed by atoms with Gasteiger partial charge in [0.1, 0.15) is 17.2 Å². The molecular formula is C24H22FN5O. The Bertz CT molecular complexity index is 1370. The number of nitrogen functional groups attached to an aromatic ring is 1. The molecule has 1 atom stereocenters. The molecule has 1 saturated carbocycles. The average Bonchev–Trinajstić information content (AvgIpc) is 3.33. The zero-order chi connectivity index (χ0) is 21.3. The van der Waals surface area contributed by atoms with E-state index in [0.717, 1.165) is 12.8 Å². The van der Waals surface area contributed by atoms with E-state index in [1.165, 1.54) is 35.6 Å². The fraction of sp³-hybridized carbons (Fsp3) is 0.292. The number of rotatable bonds is 3. The second-order valence-electron chi connectivity index (χ2n) is 8.67. The number of aromatic nitrogens is 3. The summed E-state index contributed by atoms with van der Waals surface area (Å²) in [5, 5.41) is 0. The largest absolute Gasteiger partial charge is 0.382 e. The number of anilines is 1. The van der Waals surface area contributed by atoms with Crippen molar-refractivity contribution in [2.45, 2.75) is 37.6 Å². The van der Waals surface area contributed by atoms with Crippen LogP contribution in [0.15, 0.2) is 42.9 Å². The maximum absolute atomic E-state index is 15.0. The van der Waals surface area contributed by atoms with Gasteiger partial charge >= 0.3 is 0 Å². The van der Waals surface area contributed by atoms with Gasteiger partial charge in [-0.25, -0.2) is 14.4 Å². The standard InChI is InChI=1S/C24H22FN5O/c1-29(20-7-5-15-8-14(13-2-3-13)4-6-16(15)20)24(31)17-9-21-19(10-18(17)25)28-23(26)22-11-27-12-30(21)22/h4,6,8-13,20H,2-3,5,7H2,1H3,(H2,26,28). The van der Waals surface area contributed by atoms with Crippen LogP contribution in [0.4, 0.5) is 10.2 Å². The molecule has 0 radical (unpaired) electrons. The fourth-order valence-corrected chi connectivity index (χ4v) is 4.88. The van der Waals surface area contributed by atoms with E-state index in [9.17, 15) is 9.18 Å². The Hall–Kier alpha value is -3.48. The molecule has 6 nitrogen and oxygen atoms in total. The third-order valence-electron chi connectivity index (χ3n) is 6.75. The highest BCUT2D eigenvalue weighted by Gasteiger charge is 2.32. The molecule has 7 heteroatoms. The maximum atomic E-state index is 15.0. The Kier molecular flexibility index (Phi) is 3.84. The molecule has 6 rings (SSSR count). The number of hydrogen-bond acceptors (Lipinski definition) is 4. The van der Waals surface area contributed by atoms with Gasteiger partial charge in [-0.2, -0.15) is 0 Å². The van der Waals surface area contributed by atoms with Crippen molar-refractivity contribution in [3.8, 4) is 0 Å². The predicted octanol–water partition coefficient (Wildman–Crippen LogP) is 4.24. The molecule has 2 aliphatic rings. The normalized spacial score (nSPS) is 17.9. The molecule has 1 amide bonds. The lowest BCUT2D eigenvalue weighted by Gasteiger charge is -2.26. The summed E-state index contributed by atoms with van der Waals surface area (Å²) < 4.78 is 16.7. The van der Waals surface area contributed by atoms with Gasteiger partial charge < -0.3 is 10.6 Å². The number of amides is 1.